The quantitative estimate of drug-likeness (QED) is 0.435. The zero-order valence-electron chi connectivity index (χ0n) is 19.6. The number of nitrogens with zero attached hydrogens (tertiary/aromatic N) is 2. The summed E-state index contributed by atoms with van der Waals surface area (Å²) in [5.74, 6) is -0.422. The van der Waals surface area contributed by atoms with Gasteiger partial charge in [0, 0.05) is 26.2 Å². The predicted octanol–water partition coefficient (Wildman–Crippen LogP) is 1.24. The molecule has 1 aromatic rings. The number of ether oxygens (including phenoxy) is 3. The lowest BCUT2D eigenvalue weighted by atomic mass is 9.94. The number of amides is 1. The number of rotatable bonds is 7. The van der Waals surface area contributed by atoms with Crippen molar-refractivity contribution in [2.24, 2.45) is 17.8 Å². The molecule has 2 aliphatic heterocycles. The first-order valence-corrected chi connectivity index (χ1v) is 13.6. The topological polar surface area (TPSA) is 114 Å². The van der Waals surface area contributed by atoms with E-state index in [1.807, 2.05) is 4.90 Å². The van der Waals surface area contributed by atoms with Crippen LogP contribution in [0.2, 0.25) is 0 Å². The van der Waals surface area contributed by atoms with E-state index in [-0.39, 0.29) is 35.8 Å². The van der Waals surface area contributed by atoms with Crippen molar-refractivity contribution in [2.45, 2.75) is 17.7 Å². The van der Waals surface area contributed by atoms with Crippen molar-refractivity contribution in [1.29, 1.82) is 0 Å². The minimum absolute atomic E-state index is 0.0949. The first kappa shape index (κ1) is 24.2. The molecule has 4 aliphatic rings. The SMILES string of the molecule is O=C(COC(=O)[C@@H]1C[C@H]2C=C[C@@H]1C2)Nc1cc(S(=O)(=O)N2CCOCC2)ccc1N1CCOCC1. The lowest BCUT2D eigenvalue weighted by Crippen LogP contribution is -2.40. The number of fused-ring (bicyclic) bond motifs is 2. The monoisotopic (exact) mass is 505 g/mol. The Hall–Kier alpha value is -2.47. The highest BCUT2D eigenvalue weighted by molar-refractivity contribution is 7.89. The number of hydrogen-bond donors (Lipinski definition) is 1. The lowest BCUT2D eigenvalue weighted by Gasteiger charge is -2.31. The van der Waals surface area contributed by atoms with Crippen molar-refractivity contribution in [2.75, 3.05) is 69.4 Å². The van der Waals surface area contributed by atoms with Crippen LogP contribution in [0.4, 0.5) is 11.4 Å². The van der Waals surface area contributed by atoms with Gasteiger partial charge in [0.25, 0.3) is 5.91 Å². The molecule has 1 aromatic carbocycles. The van der Waals surface area contributed by atoms with Crippen LogP contribution in [0.15, 0.2) is 35.2 Å². The van der Waals surface area contributed by atoms with Crippen LogP contribution in [0.1, 0.15) is 12.8 Å². The van der Waals surface area contributed by atoms with E-state index in [1.54, 1.807) is 12.1 Å². The number of nitrogens with one attached hydrogen (secondary N) is 1. The van der Waals surface area contributed by atoms with Gasteiger partial charge in [-0.2, -0.15) is 4.31 Å². The second kappa shape index (κ2) is 10.3. The number of carbonyl (C=O) groups excluding carboxylic acids is 2. The van der Waals surface area contributed by atoms with Gasteiger partial charge >= 0.3 is 5.97 Å². The molecule has 10 nitrogen and oxygen atoms in total. The molecule has 0 radical (unpaired) electrons. The molecule has 0 unspecified atom stereocenters. The van der Waals surface area contributed by atoms with E-state index in [4.69, 9.17) is 14.2 Å². The number of hydrogen-bond acceptors (Lipinski definition) is 8. The van der Waals surface area contributed by atoms with Gasteiger partial charge in [-0.3, -0.25) is 9.59 Å². The molecule has 5 rings (SSSR count). The van der Waals surface area contributed by atoms with Gasteiger partial charge in [0.1, 0.15) is 0 Å². The van der Waals surface area contributed by atoms with Gasteiger partial charge in [-0.15, -0.1) is 0 Å². The average Bonchev–Trinajstić information content (AvgIpc) is 3.52. The Morgan fingerprint density at radius 3 is 2.37 bits per heavy atom. The maximum Gasteiger partial charge on any atom is 0.310 e. The molecule has 2 heterocycles. The first-order chi connectivity index (χ1) is 16.9. The van der Waals surface area contributed by atoms with E-state index in [9.17, 15) is 18.0 Å². The van der Waals surface area contributed by atoms with Crippen LogP contribution in [-0.2, 0) is 33.8 Å². The molecule has 3 fully saturated rings. The van der Waals surface area contributed by atoms with Crippen molar-refractivity contribution >= 4 is 33.3 Å². The number of allylic oxidation sites excluding steroid dienone is 2. The molecule has 3 atom stereocenters. The molecule has 1 N–H and O–H groups in total. The Kier molecular flexibility index (Phi) is 7.10. The van der Waals surface area contributed by atoms with Gasteiger partial charge in [0.05, 0.1) is 48.6 Å². The number of anilines is 2. The molecule has 11 heteroatoms. The van der Waals surface area contributed by atoms with Crippen LogP contribution in [0.5, 0.6) is 0 Å². The van der Waals surface area contributed by atoms with Gasteiger partial charge in [0.2, 0.25) is 10.0 Å². The van der Waals surface area contributed by atoms with E-state index in [0.717, 1.165) is 12.8 Å². The van der Waals surface area contributed by atoms with E-state index >= 15 is 0 Å². The Bertz CT molecular complexity index is 1090. The van der Waals surface area contributed by atoms with Gasteiger partial charge in [-0.1, -0.05) is 12.2 Å². The smallest absolute Gasteiger partial charge is 0.310 e. The second-order valence-electron chi connectivity index (χ2n) is 9.34. The van der Waals surface area contributed by atoms with E-state index < -0.39 is 22.5 Å². The predicted molar refractivity (Wildman–Crippen MR) is 127 cm³/mol. The maximum absolute atomic E-state index is 13.2. The number of esters is 1. The zero-order chi connectivity index (χ0) is 24.4. The highest BCUT2D eigenvalue weighted by Gasteiger charge is 2.41. The van der Waals surface area contributed by atoms with Crippen molar-refractivity contribution in [1.82, 2.24) is 4.31 Å². The summed E-state index contributed by atoms with van der Waals surface area (Å²) in [6.07, 6.45) is 5.95. The molecule has 1 saturated carbocycles. The van der Waals surface area contributed by atoms with Crippen molar-refractivity contribution in [3.05, 3.63) is 30.4 Å². The first-order valence-electron chi connectivity index (χ1n) is 12.1. The molecule has 35 heavy (non-hydrogen) atoms. The molecule has 0 aromatic heterocycles. The summed E-state index contributed by atoms with van der Waals surface area (Å²) in [6, 6.07) is 4.76. The van der Waals surface area contributed by atoms with Gasteiger partial charge < -0.3 is 24.4 Å². The third-order valence-corrected chi connectivity index (χ3v) is 9.02. The Balaban J connectivity index is 1.31. The van der Waals surface area contributed by atoms with Gasteiger partial charge in [0.15, 0.2) is 6.61 Å². The summed E-state index contributed by atoms with van der Waals surface area (Å²) in [6.45, 7) is 3.15. The Labute approximate surface area is 205 Å². The number of morpholine rings is 2. The van der Waals surface area contributed by atoms with Crippen LogP contribution < -0.4 is 10.2 Å². The van der Waals surface area contributed by atoms with E-state index in [2.05, 4.69) is 17.5 Å². The minimum Gasteiger partial charge on any atom is -0.455 e. The molecule has 2 bridgehead atoms. The fourth-order valence-electron chi connectivity index (χ4n) is 5.27. The fraction of sp³-hybridized carbons (Fsp3) is 0.583. The maximum atomic E-state index is 13.2. The van der Waals surface area contributed by atoms with Crippen molar-refractivity contribution in [3.8, 4) is 0 Å². The zero-order valence-corrected chi connectivity index (χ0v) is 20.4. The summed E-state index contributed by atoms with van der Waals surface area (Å²) in [5, 5.41) is 2.78. The molecular formula is C24H31N3O7S. The number of benzene rings is 1. The molecule has 2 saturated heterocycles. The van der Waals surface area contributed by atoms with Crippen LogP contribution in [0, 0.1) is 17.8 Å². The highest BCUT2D eigenvalue weighted by atomic mass is 32.2. The van der Waals surface area contributed by atoms with Crippen molar-refractivity contribution in [3.63, 3.8) is 0 Å². The van der Waals surface area contributed by atoms with Crippen LogP contribution in [0.25, 0.3) is 0 Å². The Morgan fingerprint density at radius 2 is 1.71 bits per heavy atom. The number of sulfonamides is 1. The van der Waals surface area contributed by atoms with Gasteiger partial charge in [-0.05, 0) is 42.9 Å². The summed E-state index contributed by atoms with van der Waals surface area (Å²) in [4.78, 5) is 27.4. The van der Waals surface area contributed by atoms with Gasteiger partial charge in [-0.25, -0.2) is 8.42 Å². The standard InChI is InChI=1S/C24H31N3O7S/c28-23(16-34-24(29)20-14-17-1-2-18(20)13-17)25-21-15-19(35(30,31)27-7-11-33-12-8-27)3-4-22(21)26-5-9-32-10-6-26/h1-4,15,17-18,20H,5-14,16H2,(H,25,28)/t17-,18+,20+/m0/s1. The summed E-state index contributed by atoms with van der Waals surface area (Å²) in [5.41, 5.74) is 1.07. The highest BCUT2D eigenvalue weighted by Crippen LogP contribution is 2.43. The lowest BCUT2D eigenvalue weighted by molar-refractivity contribution is -0.152. The molecular weight excluding hydrogens is 474 g/mol. The fourth-order valence-corrected chi connectivity index (χ4v) is 6.71. The second-order valence-corrected chi connectivity index (χ2v) is 11.3. The van der Waals surface area contributed by atoms with Crippen LogP contribution in [0.3, 0.4) is 0 Å². The largest absolute Gasteiger partial charge is 0.455 e. The van der Waals surface area contributed by atoms with Crippen LogP contribution in [-0.4, -0.2) is 83.8 Å². The summed E-state index contributed by atoms with van der Waals surface area (Å²) >= 11 is 0. The molecule has 0 spiro atoms. The normalized spacial score (nSPS) is 26.6. The van der Waals surface area contributed by atoms with E-state index in [1.165, 1.54) is 10.4 Å². The average molecular weight is 506 g/mol. The summed E-state index contributed by atoms with van der Waals surface area (Å²) < 4.78 is 43.8. The number of carbonyl (C=O) groups is 2. The van der Waals surface area contributed by atoms with Crippen LogP contribution >= 0.6 is 0 Å². The molecule has 1 amide bonds. The molecule has 2 aliphatic carbocycles. The third kappa shape index (κ3) is 5.23. The van der Waals surface area contributed by atoms with Crippen molar-refractivity contribution < 1.29 is 32.2 Å². The Morgan fingerprint density at radius 1 is 1.00 bits per heavy atom. The molecule has 190 valence electrons. The third-order valence-electron chi connectivity index (χ3n) is 7.13. The van der Waals surface area contributed by atoms with E-state index in [0.29, 0.717) is 56.8 Å². The summed E-state index contributed by atoms with van der Waals surface area (Å²) in [7, 11) is -3.74. The minimum atomic E-state index is -3.74.